The Morgan fingerprint density at radius 1 is 1.47 bits per heavy atom. The van der Waals surface area contributed by atoms with Gasteiger partial charge < -0.3 is 10.2 Å². The maximum absolute atomic E-state index is 4.38. The van der Waals surface area contributed by atoms with Crippen LogP contribution in [0.4, 0.5) is 5.82 Å². The van der Waals surface area contributed by atoms with E-state index in [1.165, 1.54) is 12.8 Å². The largest absolute Gasteiger partial charge is 0.356 e. The molecule has 1 aliphatic rings. The molecule has 0 aliphatic carbocycles. The lowest BCUT2D eigenvalue weighted by molar-refractivity contribution is 0.385. The summed E-state index contributed by atoms with van der Waals surface area (Å²) in [5.41, 5.74) is 0. The third kappa shape index (κ3) is 3.51. The van der Waals surface area contributed by atoms with Gasteiger partial charge in [-0.1, -0.05) is 6.92 Å². The van der Waals surface area contributed by atoms with Crippen molar-refractivity contribution in [1.29, 1.82) is 0 Å². The Hall–Kier alpha value is -0.430. The summed E-state index contributed by atoms with van der Waals surface area (Å²) in [5.74, 6) is 1.92. The van der Waals surface area contributed by atoms with Crippen molar-refractivity contribution in [2.45, 2.75) is 19.8 Å². The highest BCUT2D eigenvalue weighted by Gasteiger charge is 2.20. The molecule has 0 atom stereocenters. The smallest absolute Gasteiger partial charge is 0.145 e. The summed E-state index contributed by atoms with van der Waals surface area (Å²) >= 11 is 2.31. The van der Waals surface area contributed by atoms with Crippen LogP contribution in [0.2, 0.25) is 0 Å². The van der Waals surface area contributed by atoms with Gasteiger partial charge in [0.25, 0.3) is 0 Å². The Kier molecular flexibility index (Phi) is 4.97. The molecule has 1 aliphatic heterocycles. The van der Waals surface area contributed by atoms with Crippen LogP contribution in [0.15, 0.2) is 12.5 Å². The van der Waals surface area contributed by atoms with E-state index in [0.29, 0.717) is 0 Å². The van der Waals surface area contributed by atoms with Gasteiger partial charge in [0.1, 0.15) is 12.1 Å². The quantitative estimate of drug-likeness (QED) is 0.846. The predicted octanol–water partition coefficient (Wildman–Crippen LogP) is 1.91. The standard InChI is InChI=1S/C12H19IN4/c1-2-14-7-10-3-5-17(6-4-10)12-11(13)8-15-9-16-12/h8-10,14H,2-7H2,1H3. The molecule has 2 heterocycles. The van der Waals surface area contributed by atoms with E-state index in [2.05, 4.69) is 49.7 Å². The number of halogens is 1. The third-order valence-electron chi connectivity index (χ3n) is 3.25. The minimum Gasteiger partial charge on any atom is -0.356 e. The van der Waals surface area contributed by atoms with Crippen LogP contribution in [-0.4, -0.2) is 36.1 Å². The Labute approximate surface area is 116 Å². The van der Waals surface area contributed by atoms with Crippen LogP contribution >= 0.6 is 22.6 Å². The number of aromatic nitrogens is 2. The van der Waals surface area contributed by atoms with E-state index in [1.54, 1.807) is 6.33 Å². The van der Waals surface area contributed by atoms with Gasteiger partial charge in [-0.25, -0.2) is 9.97 Å². The maximum atomic E-state index is 4.38. The Morgan fingerprint density at radius 2 is 2.24 bits per heavy atom. The predicted molar refractivity (Wildman–Crippen MR) is 78.2 cm³/mol. The van der Waals surface area contributed by atoms with Gasteiger partial charge in [0.15, 0.2) is 0 Å². The number of rotatable bonds is 4. The van der Waals surface area contributed by atoms with Gasteiger partial charge in [0.05, 0.1) is 3.57 Å². The number of anilines is 1. The highest BCUT2D eigenvalue weighted by molar-refractivity contribution is 14.1. The van der Waals surface area contributed by atoms with E-state index in [9.17, 15) is 0 Å². The normalized spacial score (nSPS) is 17.4. The molecule has 0 bridgehead atoms. The third-order valence-corrected chi connectivity index (χ3v) is 4.01. The topological polar surface area (TPSA) is 41.0 Å². The molecule has 1 saturated heterocycles. The first-order valence-electron chi connectivity index (χ1n) is 6.22. The van der Waals surface area contributed by atoms with Gasteiger partial charge in [0.2, 0.25) is 0 Å². The first-order valence-corrected chi connectivity index (χ1v) is 7.30. The fraction of sp³-hybridized carbons (Fsp3) is 0.667. The molecule has 17 heavy (non-hydrogen) atoms. The van der Waals surface area contributed by atoms with Crippen LogP contribution < -0.4 is 10.2 Å². The van der Waals surface area contributed by atoms with Crippen LogP contribution in [0.1, 0.15) is 19.8 Å². The van der Waals surface area contributed by atoms with Gasteiger partial charge in [-0.05, 0) is 54.4 Å². The van der Waals surface area contributed by atoms with Crippen LogP contribution in [0.5, 0.6) is 0 Å². The average molecular weight is 346 g/mol. The van der Waals surface area contributed by atoms with E-state index in [0.717, 1.165) is 41.5 Å². The molecule has 94 valence electrons. The van der Waals surface area contributed by atoms with E-state index in [1.807, 2.05) is 6.20 Å². The lowest BCUT2D eigenvalue weighted by atomic mass is 9.97. The Bertz CT molecular complexity index is 350. The van der Waals surface area contributed by atoms with Gasteiger partial charge in [-0.15, -0.1) is 0 Å². The minimum absolute atomic E-state index is 0.825. The molecule has 1 aromatic rings. The number of hydrogen-bond acceptors (Lipinski definition) is 4. The van der Waals surface area contributed by atoms with Gasteiger partial charge >= 0.3 is 0 Å². The minimum atomic E-state index is 0.825. The Balaban J connectivity index is 1.89. The van der Waals surface area contributed by atoms with Crippen molar-refractivity contribution < 1.29 is 0 Å². The first-order chi connectivity index (χ1) is 8.31. The van der Waals surface area contributed by atoms with Crippen LogP contribution in [0, 0.1) is 9.49 Å². The fourth-order valence-electron chi connectivity index (χ4n) is 2.24. The monoisotopic (exact) mass is 346 g/mol. The highest BCUT2D eigenvalue weighted by Crippen LogP contribution is 2.24. The van der Waals surface area contributed by atoms with E-state index in [-0.39, 0.29) is 0 Å². The molecule has 1 fully saturated rings. The van der Waals surface area contributed by atoms with Crippen molar-refractivity contribution in [2.24, 2.45) is 5.92 Å². The summed E-state index contributed by atoms with van der Waals surface area (Å²) in [6, 6.07) is 0. The number of piperidine rings is 1. The van der Waals surface area contributed by atoms with Gasteiger partial charge in [-0.2, -0.15) is 0 Å². The van der Waals surface area contributed by atoms with Crippen molar-refractivity contribution in [3.63, 3.8) is 0 Å². The number of hydrogen-bond donors (Lipinski definition) is 1. The molecule has 0 radical (unpaired) electrons. The second-order valence-corrected chi connectivity index (χ2v) is 5.59. The summed E-state index contributed by atoms with van der Waals surface area (Å²) in [4.78, 5) is 10.8. The second kappa shape index (κ2) is 6.49. The fourth-order valence-corrected chi connectivity index (χ4v) is 2.88. The average Bonchev–Trinajstić information content (AvgIpc) is 2.38. The lowest BCUT2D eigenvalue weighted by Gasteiger charge is -2.33. The molecule has 2 rings (SSSR count). The molecule has 0 unspecified atom stereocenters. The summed E-state index contributed by atoms with van der Waals surface area (Å²) in [6.45, 7) is 6.62. The van der Waals surface area contributed by atoms with Crippen molar-refractivity contribution in [1.82, 2.24) is 15.3 Å². The number of nitrogens with zero attached hydrogens (tertiary/aromatic N) is 3. The van der Waals surface area contributed by atoms with E-state index in [4.69, 9.17) is 0 Å². The van der Waals surface area contributed by atoms with Crippen molar-refractivity contribution >= 4 is 28.4 Å². The maximum Gasteiger partial charge on any atom is 0.145 e. The SMILES string of the molecule is CCNCC1CCN(c2ncncc2I)CC1. The van der Waals surface area contributed by atoms with Crippen LogP contribution in [0.25, 0.3) is 0 Å². The number of nitrogens with one attached hydrogen (secondary N) is 1. The van der Waals surface area contributed by atoms with Gasteiger partial charge in [-0.3, -0.25) is 0 Å². The second-order valence-electron chi connectivity index (χ2n) is 4.43. The molecule has 0 saturated carbocycles. The first kappa shape index (κ1) is 13.0. The summed E-state index contributed by atoms with van der Waals surface area (Å²) in [5, 5.41) is 3.44. The lowest BCUT2D eigenvalue weighted by Crippen LogP contribution is -2.38. The van der Waals surface area contributed by atoms with Crippen molar-refractivity contribution in [3.8, 4) is 0 Å². The van der Waals surface area contributed by atoms with Crippen LogP contribution in [-0.2, 0) is 0 Å². The molecule has 1 N–H and O–H groups in total. The summed E-state index contributed by atoms with van der Waals surface area (Å²) in [7, 11) is 0. The zero-order valence-electron chi connectivity index (χ0n) is 10.2. The molecule has 1 aromatic heterocycles. The molecule has 0 spiro atoms. The van der Waals surface area contributed by atoms with Crippen molar-refractivity contribution in [3.05, 3.63) is 16.1 Å². The van der Waals surface area contributed by atoms with E-state index >= 15 is 0 Å². The zero-order chi connectivity index (χ0) is 12.1. The highest BCUT2D eigenvalue weighted by atomic mass is 127. The summed E-state index contributed by atoms with van der Waals surface area (Å²) in [6.07, 6.45) is 6.04. The van der Waals surface area contributed by atoms with Crippen molar-refractivity contribution in [2.75, 3.05) is 31.1 Å². The van der Waals surface area contributed by atoms with E-state index < -0.39 is 0 Å². The summed E-state index contributed by atoms with van der Waals surface area (Å²) < 4.78 is 1.15. The van der Waals surface area contributed by atoms with Gasteiger partial charge in [0, 0.05) is 19.3 Å². The molecule has 0 amide bonds. The Morgan fingerprint density at radius 3 is 2.88 bits per heavy atom. The van der Waals surface area contributed by atoms with Crippen LogP contribution in [0.3, 0.4) is 0 Å². The zero-order valence-corrected chi connectivity index (χ0v) is 12.4. The molecular weight excluding hydrogens is 327 g/mol. The molecule has 0 aromatic carbocycles. The molecule has 4 nitrogen and oxygen atoms in total. The molecule has 5 heteroatoms. The molecular formula is C12H19IN4.